The van der Waals surface area contributed by atoms with E-state index in [1.807, 2.05) is 0 Å². The Bertz CT molecular complexity index is 1480. The first-order valence-corrected chi connectivity index (χ1v) is 15.1. The molecule has 6 heterocycles. The predicted molar refractivity (Wildman–Crippen MR) is 152 cm³/mol. The number of benzene rings is 1. The molecule has 8 rings (SSSR count). The molecule has 1 aliphatic carbocycles. The highest BCUT2D eigenvalue weighted by Gasteiger charge is 2.45. The Labute approximate surface area is 237 Å². The first kappa shape index (κ1) is 25.0. The maximum Gasteiger partial charge on any atom is 0.319 e. The second-order valence-electron chi connectivity index (χ2n) is 12.4. The molecule has 2 aromatic heterocycles. The van der Waals surface area contributed by atoms with Crippen LogP contribution in [0.5, 0.6) is 11.8 Å². The number of piperazine rings is 1. The zero-order valence-corrected chi connectivity index (χ0v) is 23.3. The van der Waals surface area contributed by atoms with Crippen molar-refractivity contribution in [1.29, 1.82) is 0 Å². The lowest BCUT2D eigenvalue weighted by molar-refractivity contribution is 0.108. The normalized spacial score (nSPS) is 25.6. The standard InChI is InChI=1S/C30H34ClFN6O2/c31-23-12-20(39)11-21(24(23)17-3-4-17)26-25(32)27-22(13-33-26)28(37-14-18-5-6-19(15-37)34-18)36-29(35-27)40-16-30-7-1-9-38(30)10-2-8-30/h11-13,17-19,34,39H,1-10,14-16H2/t18-,19+. The molecule has 0 amide bonds. The van der Waals surface area contributed by atoms with Gasteiger partial charge in [0.2, 0.25) is 0 Å². The van der Waals surface area contributed by atoms with E-state index in [9.17, 15) is 5.11 Å². The topological polar surface area (TPSA) is 86.6 Å². The van der Waals surface area contributed by atoms with Crippen LogP contribution < -0.4 is 15.0 Å². The molecule has 40 heavy (non-hydrogen) atoms. The van der Waals surface area contributed by atoms with Crippen molar-refractivity contribution >= 4 is 28.3 Å². The van der Waals surface area contributed by atoms with Crippen molar-refractivity contribution in [2.24, 2.45) is 0 Å². The minimum atomic E-state index is -0.533. The average molecular weight is 565 g/mol. The fourth-order valence-electron chi connectivity index (χ4n) is 7.73. The molecule has 210 valence electrons. The number of nitrogens with zero attached hydrogens (tertiary/aromatic N) is 5. The number of nitrogens with one attached hydrogen (secondary N) is 1. The minimum Gasteiger partial charge on any atom is -0.508 e. The molecule has 4 saturated heterocycles. The zero-order valence-electron chi connectivity index (χ0n) is 22.5. The Morgan fingerprint density at radius 1 is 1.07 bits per heavy atom. The van der Waals surface area contributed by atoms with E-state index in [4.69, 9.17) is 21.3 Å². The molecular formula is C30H34ClFN6O2. The van der Waals surface area contributed by atoms with Gasteiger partial charge in [-0.15, -0.1) is 0 Å². The summed E-state index contributed by atoms with van der Waals surface area (Å²) in [6, 6.07) is 4.10. The molecular weight excluding hydrogens is 531 g/mol. The van der Waals surface area contributed by atoms with Crippen LogP contribution in [0.4, 0.5) is 10.2 Å². The van der Waals surface area contributed by atoms with E-state index in [0.717, 1.165) is 70.3 Å². The van der Waals surface area contributed by atoms with Crippen LogP contribution in [-0.4, -0.2) is 75.4 Å². The van der Waals surface area contributed by atoms with Crippen LogP contribution in [0, 0.1) is 5.82 Å². The summed E-state index contributed by atoms with van der Waals surface area (Å²) in [7, 11) is 0. The monoisotopic (exact) mass is 564 g/mol. The van der Waals surface area contributed by atoms with Gasteiger partial charge in [0.25, 0.3) is 0 Å². The van der Waals surface area contributed by atoms with Gasteiger partial charge in [-0.1, -0.05) is 11.6 Å². The van der Waals surface area contributed by atoms with Gasteiger partial charge in [-0.25, -0.2) is 4.39 Å². The van der Waals surface area contributed by atoms with Crippen molar-refractivity contribution in [1.82, 2.24) is 25.2 Å². The van der Waals surface area contributed by atoms with Crippen molar-refractivity contribution < 1.29 is 14.2 Å². The Kier molecular flexibility index (Phi) is 5.87. The molecule has 5 aliphatic rings. The maximum absolute atomic E-state index is 16.6. The molecule has 10 heteroatoms. The number of pyridine rings is 1. The van der Waals surface area contributed by atoms with E-state index in [1.54, 1.807) is 12.3 Å². The quantitative estimate of drug-likeness (QED) is 0.432. The summed E-state index contributed by atoms with van der Waals surface area (Å²) in [5.74, 6) is 0.386. The molecule has 5 fully saturated rings. The van der Waals surface area contributed by atoms with Gasteiger partial charge >= 0.3 is 6.01 Å². The molecule has 8 nitrogen and oxygen atoms in total. The molecule has 0 radical (unpaired) electrons. The summed E-state index contributed by atoms with van der Waals surface area (Å²) in [4.78, 5) is 19.0. The maximum atomic E-state index is 16.6. The van der Waals surface area contributed by atoms with E-state index in [0.29, 0.717) is 40.5 Å². The lowest BCUT2D eigenvalue weighted by Crippen LogP contribution is -2.51. The Hall–Kier alpha value is -2.75. The third kappa shape index (κ3) is 4.11. The van der Waals surface area contributed by atoms with Gasteiger partial charge in [0.1, 0.15) is 29.4 Å². The van der Waals surface area contributed by atoms with E-state index < -0.39 is 5.82 Å². The molecule has 2 atom stereocenters. The van der Waals surface area contributed by atoms with Crippen molar-refractivity contribution in [2.45, 2.75) is 74.9 Å². The fourth-order valence-corrected chi connectivity index (χ4v) is 8.10. The summed E-state index contributed by atoms with van der Waals surface area (Å²) in [5.41, 5.74) is 1.76. The van der Waals surface area contributed by atoms with Crippen molar-refractivity contribution in [2.75, 3.05) is 37.7 Å². The number of aromatic nitrogens is 3. The molecule has 3 aromatic rings. The average Bonchev–Trinajstić information content (AvgIpc) is 3.43. The third-order valence-corrected chi connectivity index (χ3v) is 10.1. The summed E-state index contributed by atoms with van der Waals surface area (Å²) >= 11 is 6.55. The highest BCUT2D eigenvalue weighted by Crippen LogP contribution is 2.49. The largest absolute Gasteiger partial charge is 0.508 e. The van der Waals surface area contributed by atoms with Crippen molar-refractivity contribution in [3.05, 3.63) is 34.7 Å². The molecule has 0 unspecified atom stereocenters. The molecule has 0 spiro atoms. The summed E-state index contributed by atoms with van der Waals surface area (Å²) < 4.78 is 22.9. The molecule has 1 aromatic carbocycles. The molecule has 2 N–H and O–H groups in total. The Morgan fingerprint density at radius 2 is 1.82 bits per heavy atom. The van der Waals surface area contributed by atoms with Gasteiger partial charge < -0.3 is 20.1 Å². The van der Waals surface area contributed by atoms with Gasteiger partial charge in [-0.2, -0.15) is 9.97 Å². The number of ether oxygens (including phenoxy) is 1. The fraction of sp³-hybridized carbons (Fsp3) is 0.567. The predicted octanol–water partition coefficient (Wildman–Crippen LogP) is 5.02. The highest BCUT2D eigenvalue weighted by atomic mass is 35.5. The number of phenols is 1. The first-order valence-electron chi connectivity index (χ1n) is 14.8. The lowest BCUT2D eigenvalue weighted by Gasteiger charge is -2.34. The van der Waals surface area contributed by atoms with Gasteiger partial charge in [0.15, 0.2) is 5.82 Å². The van der Waals surface area contributed by atoms with Crippen LogP contribution in [0.25, 0.3) is 22.2 Å². The number of phenolic OH excluding ortho intramolecular Hbond substituents is 1. The summed E-state index contributed by atoms with van der Waals surface area (Å²) in [5, 5.41) is 15.0. The van der Waals surface area contributed by atoms with E-state index in [1.165, 1.54) is 18.9 Å². The van der Waals surface area contributed by atoms with Crippen LogP contribution in [0.3, 0.4) is 0 Å². The summed E-state index contributed by atoms with van der Waals surface area (Å²) in [6.07, 6.45) is 10.5. The second kappa shape index (κ2) is 9.39. The van der Waals surface area contributed by atoms with Crippen molar-refractivity contribution in [3.8, 4) is 23.0 Å². The number of fused-ring (bicyclic) bond motifs is 4. The van der Waals surface area contributed by atoms with Crippen molar-refractivity contribution in [3.63, 3.8) is 0 Å². The minimum absolute atomic E-state index is 0.00803. The lowest BCUT2D eigenvalue weighted by atomic mass is 9.95. The number of halogens is 2. The number of hydrogen-bond acceptors (Lipinski definition) is 8. The van der Waals surface area contributed by atoms with Gasteiger partial charge in [0.05, 0.1) is 10.9 Å². The van der Waals surface area contributed by atoms with Crippen LogP contribution >= 0.6 is 11.6 Å². The van der Waals surface area contributed by atoms with E-state index >= 15 is 4.39 Å². The van der Waals surface area contributed by atoms with E-state index in [2.05, 4.69) is 25.1 Å². The van der Waals surface area contributed by atoms with Gasteiger partial charge in [-0.3, -0.25) is 9.88 Å². The SMILES string of the molecule is Oc1cc(Cl)c(C2CC2)c(-c2ncc3c(N4C[C@H]5CC[C@@H](C4)N5)nc(OCC45CCCN4CCC5)nc3c2F)c1. The third-order valence-electron chi connectivity index (χ3n) is 9.80. The van der Waals surface area contributed by atoms with Crippen LogP contribution in [0.15, 0.2) is 18.3 Å². The molecule has 4 aliphatic heterocycles. The Balaban J connectivity index is 1.24. The highest BCUT2D eigenvalue weighted by molar-refractivity contribution is 6.32. The Morgan fingerprint density at radius 3 is 2.55 bits per heavy atom. The second-order valence-corrected chi connectivity index (χ2v) is 12.8. The van der Waals surface area contributed by atoms with Crippen LogP contribution in [0.1, 0.15) is 62.8 Å². The van der Waals surface area contributed by atoms with Gasteiger partial charge in [-0.05, 0) is 88.1 Å². The molecule has 1 saturated carbocycles. The van der Waals surface area contributed by atoms with E-state index in [-0.39, 0.29) is 34.4 Å². The number of aromatic hydroxyl groups is 1. The summed E-state index contributed by atoms with van der Waals surface area (Å²) in [6.45, 7) is 4.33. The number of rotatable bonds is 6. The number of anilines is 1. The number of hydrogen-bond donors (Lipinski definition) is 2. The zero-order chi connectivity index (χ0) is 27.0. The van der Waals surface area contributed by atoms with Gasteiger partial charge in [0, 0.05) is 42.0 Å². The first-order chi connectivity index (χ1) is 19.5. The smallest absolute Gasteiger partial charge is 0.319 e. The van der Waals surface area contributed by atoms with Crippen LogP contribution in [0.2, 0.25) is 5.02 Å². The molecule has 2 bridgehead atoms. The van der Waals surface area contributed by atoms with Crippen LogP contribution in [-0.2, 0) is 0 Å².